The highest BCUT2D eigenvalue weighted by atomic mass is 16.1. The number of aryl methyl sites for hydroxylation is 1. The van der Waals surface area contributed by atoms with Crippen LogP contribution in [0.15, 0.2) is 12.4 Å². The summed E-state index contributed by atoms with van der Waals surface area (Å²) in [4.78, 5) is 11.6. The molecule has 1 atom stereocenters. The fourth-order valence-electron chi connectivity index (χ4n) is 2.12. The number of rotatable bonds is 5. The molecule has 0 saturated carbocycles. The van der Waals surface area contributed by atoms with Crippen LogP contribution in [0.25, 0.3) is 0 Å². The van der Waals surface area contributed by atoms with Crippen molar-refractivity contribution in [2.24, 2.45) is 5.92 Å². The number of amides is 1. The molecule has 0 bridgehead atoms. The average molecular weight is 236 g/mol. The lowest BCUT2D eigenvalue weighted by Crippen LogP contribution is -2.29. The maximum atomic E-state index is 11.6. The number of nitrogens with one attached hydrogen (secondary N) is 2. The van der Waals surface area contributed by atoms with Crippen LogP contribution in [0.1, 0.15) is 18.4 Å². The van der Waals surface area contributed by atoms with Crippen LogP contribution in [0.2, 0.25) is 0 Å². The SMILES string of the molecule is Cc1cnn(CCNC(=O)CC2CCNC2)c1. The van der Waals surface area contributed by atoms with Gasteiger partial charge in [0.05, 0.1) is 12.7 Å². The molecule has 1 aliphatic rings. The summed E-state index contributed by atoms with van der Waals surface area (Å²) in [6.45, 7) is 5.42. The highest BCUT2D eigenvalue weighted by molar-refractivity contribution is 5.76. The summed E-state index contributed by atoms with van der Waals surface area (Å²) in [5.41, 5.74) is 1.15. The Morgan fingerprint density at radius 2 is 2.59 bits per heavy atom. The van der Waals surface area contributed by atoms with E-state index in [2.05, 4.69) is 15.7 Å². The van der Waals surface area contributed by atoms with Crippen LogP contribution in [-0.2, 0) is 11.3 Å². The molecule has 0 spiro atoms. The van der Waals surface area contributed by atoms with E-state index < -0.39 is 0 Å². The van der Waals surface area contributed by atoms with E-state index in [1.165, 1.54) is 0 Å². The van der Waals surface area contributed by atoms with E-state index in [0.717, 1.165) is 31.6 Å². The lowest BCUT2D eigenvalue weighted by molar-refractivity contribution is -0.121. The standard InChI is InChI=1S/C12H20N4O/c1-10-7-15-16(9-10)5-4-14-12(17)6-11-2-3-13-8-11/h7,9,11,13H,2-6,8H2,1H3,(H,14,17). The van der Waals surface area contributed by atoms with Gasteiger partial charge >= 0.3 is 0 Å². The number of carbonyl (C=O) groups is 1. The summed E-state index contributed by atoms with van der Waals surface area (Å²) >= 11 is 0. The summed E-state index contributed by atoms with van der Waals surface area (Å²) in [5.74, 6) is 0.671. The molecule has 2 rings (SSSR count). The molecule has 1 aliphatic heterocycles. The Morgan fingerprint density at radius 3 is 3.24 bits per heavy atom. The summed E-state index contributed by atoms with van der Waals surface area (Å²) < 4.78 is 1.85. The van der Waals surface area contributed by atoms with Gasteiger partial charge in [-0.3, -0.25) is 9.48 Å². The molecule has 0 radical (unpaired) electrons. The first kappa shape index (κ1) is 12.1. The van der Waals surface area contributed by atoms with Crippen LogP contribution in [-0.4, -0.2) is 35.3 Å². The molecule has 1 unspecified atom stereocenters. The average Bonchev–Trinajstić information content (AvgIpc) is 2.90. The van der Waals surface area contributed by atoms with Crippen molar-refractivity contribution >= 4 is 5.91 Å². The van der Waals surface area contributed by atoms with E-state index in [0.29, 0.717) is 18.9 Å². The van der Waals surface area contributed by atoms with Gasteiger partial charge < -0.3 is 10.6 Å². The Hall–Kier alpha value is -1.36. The smallest absolute Gasteiger partial charge is 0.220 e. The maximum Gasteiger partial charge on any atom is 0.220 e. The van der Waals surface area contributed by atoms with Gasteiger partial charge in [0.15, 0.2) is 0 Å². The second-order valence-electron chi connectivity index (χ2n) is 4.69. The third-order valence-electron chi connectivity index (χ3n) is 3.06. The van der Waals surface area contributed by atoms with Crippen molar-refractivity contribution in [2.45, 2.75) is 26.3 Å². The van der Waals surface area contributed by atoms with Gasteiger partial charge in [0.2, 0.25) is 5.91 Å². The molecular weight excluding hydrogens is 216 g/mol. The molecule has 1 saturated heterocycles. The van der Waals surface area contributed by atoms with Crippen LogP contribution >= 0.6 is 0 Å². The molecular formula is C12H20N4O. The van der Waals surface area contributed by atoms with Crippen molar-refractivity contribution in [2.75, 3.05) is 19.6 Å². The molecule has 0 aliphatic carbocycles. The molecule has 1 fully saturated rings. The van der Waals surface area contributed by atoms with Crippen molar-refractivity contribution in [3.05, 3.63) is 18.0 Å². The Morgan fingerprint density at radius 1 is 1.71 bits per heavy atom. The van der Waals surface area contributed by atoms with Crippen molar-refractivity contribution < 1.29 is 4.79 Å². The van der Waals surface area contributed by atoms with E-state index in [4.69, 9.17) is 0 Å². The van der Waals surface area contributed by atoms with Gasteiger partial charge in [-0.25, -0.2) is 0 Å². The van der Waals surface area contributed by atoms with Crippen LogP contribution in [0.3, 0.4) is 0 Å². The van der Waals surface area contributed by atoms with Gasteiger partial charge in [-0.05, 0) is 37.9 Å². The highest BCUT2D eigenvalue weighted by Gasteiger charge is 2.17. The van der Waals surface area contributed by atoms with Gasteiger partial charge in [0.1, 0.15) is 0 Å². The van der Waals surface area contributed by atoms with Crippen molar-refractivity contribution in [1.29, 1.82) is 0 Å². The van der Waals surface area contributed by atoms with Crippen LogP contribution in [0, 0.1) is 12.8 Å². The lowest BCUT2D eigenvalue weighted by Gasteiger charge is -2.09. The number of hydrogen-bond donors (Lipinski definition) is 2. The molecule has 2 N–H and O–H groups in total. The normalized spacial score (nSPS) is 19.5. The largest absolute Gasteiger partial charge is 0.354 e. The summed E-state index contributed by atoms with van der Waals surface area (Å²) in [6, 6.07) is 0. The summed E-state index contributed by atoms with van der Waals surface area (Å²) in [7, 11) is 0. The fourth-order valence-corrected chi connectivity index (χ4v) is 2.12. The van der Waals surface area contributed by atoms with Crippen molar-refractivity contribution in [3.8, 4) is 0 Å². The molecule has 2 heterocycles. The molecule has 5 heteroatoms. The molecule has 5 nitrogen and oxygen atoms in total. The maximum absolute atomic E-state index is 11.6. The van der Waals surface area contributed by atoms with E-state index >= 15 is 0 Å². The summed E-state index contributed by atoms with van der Waals surface area (Å²) in [6.07, 6.45) is 5.57. The van der Waals surface area contributed by atoms with Gasteiger partial charge in [0.25, 0.3) is 0 Å². The molecule has 94 valence electrons. The minimum Gasteiger partial charge on any atom is -0.354 e. The first-order chi connectivity index (χ1) is 8.24. The van der Waals surface area contributed by atoms with Crippen LogP contribution in [0.5, 0.6) is 0 Å². The van der Waals surface area contributed by atoms with Crippen molar-refractivity contribution in [3.63, 3.8) is 0 Å². The van der Waals surface area contributed by atoms with Gasteiger partial charge in [-0.2, -0.15) is 5.10 Å². The Bertz CT molecular complexity index is 368. The zero-order chi connectivity index (χ0) is 12.1. The lowest BCUT2D eigenvalue weighted by atomic mass is 10.0. The third-order valence-corrected chi connectivity index (χ3v) is 3.06. The van der Waals surface area contributed by atoms with E-state index in [-0.39, 0.29) is 5.91 Å². The van der Waals surface area contributed by atoms with E-state index in [9.17, 15) is 4.79 Å². The first-order valence-electron chi connectivity index (χ1n) is 6.20. The predicted octanol–water partition coefficient (Wildman–Crippen LogP) is 0.307. The van der Waals surface area contributed by atoms with E-state index in [1.54, 1.807) is 0 Å². The van der Waals surface area contributed by atoms with Crippen LogP contribution in [0.4, 0.5) is 0 Å². The van der Waals surface area contributed by atoms with Gasteiger partial charge in [0, 0.05) is 19.2 Å². The minimum absolute atomic E-state index is 0.155. The number of aromatic nitrogens is 2. The summed E-state index contributed by atoms with van der Waals surface area (Å²) in [5, 5.41) is 10.4. The van der Waals surface area contributed by atoms with Gasteiger partial charge in [-0.1, -0.05) is 0 Å². The zero-order valence-electron chi connectivity index (χ0n) is 10.3. The molecule has 0 aromatic carbocycles. The first-order valence-corrected chi connectivity index (χ1v) is 6.20. The fraction of sp³-hybridized carbons (Fsp3) is 0.667. The Labute approximate surface area is 102 Å². The topological polar surface area (TPSA) is 59.0 Å². The minimum atomic E-state index is 0.155. The molecule has 1 aromatic heterocycles. The number of hydrogen-bond acceptors (Lipinski definition) is 3. The van der Waals surface area contributed by atoms with Crippen molar-refractivity contribution in [1.82, 2.24) is 20.4 Å². The number of carbonyl (C=O) groups excluding carboxylic acids is 1. The second-order valence-corrected chi connectivity index (χ2v) is 4.69. The molecule has 17 heavy (non-hydrogen) atoms. The predicted molar refractivity (Wildman–Crippen MR) is 65.6 cm³/mol. The Kier molecular flexibility index (Phi) is 4.14. The van der Waals surface area contributed by atoms with Gasteiger partial charge in [-0.15, -0.1) is 0 Å². The highest BCUT2D eigenvalue weighted by Crippen LogP contribution is 2.11. The molecule has 1 aromatic rings. The second kappa shape index (κ2) is 5.82. The monoisotopic (exact) mass is 236 g/mol. The van der Waals surface area contributed by atoms with Crippen LogP contribution < -0.4 is 10.6 Å². The number of nitrogens with zero attached hydrogens (tertiary/aromatic N) is 2. The zero-order valence-corrected chi connectivity index (χ0v) is 10.3. The molecule has 1 amide bonds. The third kappa shape index (κ3) is 3.85. The Balaban J connectivity index is 1.62. The quantitative estimate of drug-likeness (QED) is 0.773. The van der Waals surface area contributed by atoms with E-state index in [1.807, 2.05) is 24.0 Å².